The van der Waals surface area contributed by atoms with Crippen molar-refractivity contribution in [2.24, 2.45) is 0 Å². The zero-order valence-electron chi connectivity index (χ0n) is 30.4. The Hall–Kier alpha value is -0.636. The van der Waals surface area contributed by atoms with Gasteiger partial charge in [0.05, 0.1) is 29.4 Å². The zero-order chi connectivity index (χ0) is 34.2. The van der Waals surface area contributed by atoms with Crippen molar-refractivity contribution in [1.29, 1.82) is 0 Å². The highest BCUT2D eigenvalue weighted by Gasteiger charge is 2.58. The van der Waals surface area contributed by atoms with E-state index in [-0.39, 0.29) is 40.9 Å². The monoisotopic (exact) mass is 723 g/mol. The molecule has 0 radical (unpaired) electrons. The van der Waals surface area contributed by atoms with Crippen molar-refractivity contribution in [3.8, 4) is 0 Å². The smallest absolute Gasteiger partial charge is 0.255 e. The van der Waals surface area contributed by atoms with E-state index in [1.165, 1.54) is 6.42 Å². The van der Waals surface area contributed by atoms with Gasteiger partial charge >= 0.3 is 0 Å². The number of hydrogen-bond donors (Lipinski definition) is 0. The fourth-order valence-electron chi connectivity index (χ4n) is 7.34. The van der Waals surface area contributed by atoms with Crippen LogP contribution < -0.4 is 0 Å². The molecule has 4 rings (SSSR count). The molecule has 3 saturated heterocycles. The van der Waals surface area contributed by atoms with E-state index >= 15 is 0 Å². The molecule has 7 nitrogen and oxygen atoms in total. The summed E-state index contributed by atoms with van der Waals surface area (Å²) < 4.78 is 34.3. The Morgan fingerprint density at radius 1 is 0.936 bits per heavy atom. The van der Waals surface area contributed by atoms with Gasteiger partial charge in [-0.1, -0.05) is 84.0 Å². The third-order valence-electron chi connectivity index (χ3n) is 10.8. The third kappa shape index (κ3) is 9.00. The van der Waals surface area contributed by atoms with Gasteiger partial charge in [0.1, 0.15) is 12.2 Å². The van der Waals surface area contributed by atoms with E-state index in [0.29, 0.717) is 6.61 Å². The van der Waals surface area contributed by atoms with Gasteiger partial charge in [-0.15, -0.1) is 23.5 Å². The van der Waals surface area contributed by atoms with Crippen molar-refractivity contribution in [1.82, 2.24) is 4.90 Å². The van der Waals surface area contributed by atoms with E-state index in [9.17, 15) is 4.79 Å². The van der Waals surface area contributed by atoms with E-state index in [1.54, 1.807) is 7.11 Å². The van der Waals surface area contributed by atoms with Crippen LogP contribution >= 0.6 is 23.5 Å². The topological polar surface area (TPSA) is 66.5 Å². The van der Waals surface area contributed by atoms with Crippen LogP contribution in [0, 0.1) is 0 Å². The lowest BCUT2D eigenvalue weighted by Gasteiger charge is -2.56. The first-order valence-electron chi connectivity index (χ1n) is 18.0. The number of amides is 1. The maximum atomic E-state index is 14.3. The van der Waals surface area contributed by atoms with Gasteiger partial charge in [0.25, 0.3) is 5.91 Å². The summed E-state index contributed by atoms with van der Waals surface area (Å²) in [6.45, 7) is 18.1. The van der Waals surface area contributed by atoms with Crippen LogP contribution in [-0.2, 0) is 27.9 Å². The minimum atomic E-state index is -2.20. The van der Waals surface area contributed by atoms with E-state index in [1.807, 2.05) is 55.6 Å². The summed E-state index contributed by atoms with van der Waals surface area (Å²) in [5.41, 5.74) is 1.10. The van der Waals surface area contributed by atoms with Crippen LogP contribution in [0.3, 0.4) is 0 Å². The molecule has 11 heteroatoms. The van der Waals surface area contributed by atoms with Gasteiger partial charge < -0.3 is 28.0 Å². The quantitative estimate of drug-likeness (QED) is 0.111. The molecule has 3 heterocycles. The molecule has 1 amide bonds. The predicted octanol–water partition coefficient (Wildman–Crippen LogP) is 8.42. The lowest BCUT2D eigenvalue weighted by molar-refractivity contribution is -0.183. The number of nitrogens with zero attached hydrogens (tertiary/aromatic N) is 1. The molecule has 0 bridgehead atoms. The number of β-lactam (4-membered cyclic amide) rings is 1. The molecule has 0 saturated carbocycles. The minimum Gasteiger partial charge on any atom is -0.409 e. The molecule has 0 spiro atoms. The van der Waals surface area contributed by atoms with Gasteiger partial charge in [0, 0.05) is 7.11 Å². The summed E-state index contributed by atoms with van der Waals surface area (Å²) in [6.07, 6.45) is 3.91. The van der Waals surface area contributed by atoms with Crippen molar-refractivity contribution in [2.75, 3.05) is 25.2 Å². The summed E-state index contributed by atoms with van der Waals surface area (Å²) in [7, 11) is -2.71. The highest BCUT2D eigenvalue weighted by atomic mass is 32.2. The molecule has 3 aliphatic rings. The largest absolute Gasteiger partial charge is 0.409 e. The third-order valence-corrected chi connectivity index (χ3v) is 23.2. The SMILES string of the molecule is CC[Si](CC)(CC)O[C@@H]([C@H](O[Si](CC)(CC)CC)[C@H](C1SCCCS1)N1C(=O)[C@@H](OC)[C@H]1/C=C/c1ccccc1)[C@H]1COC(C)(C)O1. The second kappa shape index (κ2) is 17.5. The minimum absolute atomic E-state index is 0.0324. The molecule has 3 fully saturated rings. The van der Waals surface area contributed by atoms with Crippen LogP contribution in [0.2, 0.25) is 36.3 Å². The number of rotatable bonds is 18. The molecule has 0 aliphatic carbocycles. The Kier molecular flexibility index (Phi) is 14.6. The van der Waals surface area contributed by atoms with E-state index in [0.717, 1.165) is 53.3 Å². The summed E-state index contributed by atoms with van der Waals surface area (Å²) in [5, 5.41) is 0. The first-order chi connectivity index (χ1) is 22.6. The molecule has 0 aromatic heterocycles. The summed E-state index contributed by atoms with van der Waals surface area (Å²) >= 11 is 3.94. The lowest BCUT2D eigenvalue weighted by atomic mass is 9.90. The van der Waals surface area contributed by atoms with Crippen LogP contribution in [0.4, 0.5) is 0 Å². The van der Waals surface area contributed by atoms with Crippen LogP contribution in [0.25, 0.3) is 6.08 Å². The molecular weight excluding hydrogens is 663 g/mol. The number of methoxy groups -OCH3 is 1. The Bertz CT molecular complexity index is 1130. The molecule has 1 aromatic carbocycles. The van der Waals surface area contributed by atoms with E-state index in [4.69, 9.17) is 23.1 Å². The number of hydrogen-bond acceptors (Lipinski definition) is 8. The lowest BCUT2D eigenvalue weighted by Crippen LogP contribution is -2.74. The van der Waals surface area contributed by atoms with Crippen LogP contribution in [0.5, 0.6) is 0 Å². The first-order valence-corrected chi connectivity index (χ1v) is 25.2. The molecule has 0 N–H and O–H groups in total. The van der Waals surface area contributed by atoms with E-state index in [2.05, 4.69) is 70.7 Å². The van der Waals surface area contributed by atoms with E-state index < -0.39 is 28.5 Å². The Balaban J connectivity index is 1.90. The summed E-state index contributed by atoms with van der Waals surface area (Å²) in [5.74, 6) is 1.46. The normalized spacial score (nSPS) is 26.0. The van der Waals surface area contributed by atoms with Gasteiger partial charge in [-0.25, -0.2) is 0 Å². The van der Waals surface area contributed by atoms with Crippen LogP contribution in [0.1, 0.15) is 67.4 Å². The van der Waals surface area contributed by atoms with Gasteiger partial charge in [-0.2, -0.15) is 0 Å². The maximum absolute atomic E-state index is 14.3. The number of ether oxygens (including phenoxy) is 3. The van der Waals surface area contributed by atoms with Crippen molar-refractivity contribution in [3.63, 3.8) is 0 Å². The summed E-state index contributed by atoms with van der Waals surface area (Å²) in [6, 6.07) is 16.0. The van der Waals surface area contributed by atoms with Crippen LogP contribution in [0.15, 0.2) is 36.4 Å². The zero-order valence-corrected chi connectivity index (χ0v) is 34.0. The first kappa shape index (κ1) is 39.2. The molecule has 1 aromatic rings. The second-order valence-electron chi connectivity index (χ2n) is 13.6. The second-order valence-corrected chi connectivity index (χ2v) is 25.9. The molecule has 3 aliphatic heterocycles. The number of thioether (sulfide) groups is 2. The average molecular weight is 724 g/mol. The number of benzene rings is 1. The Morgan fingerprint density at radius 2 is 1.51 bits per heavy atom. The number of likely N-dealkylation sites (tertiary alicyclic amines) is 1. The summed E-state index contributed by atoms with van der Waals surface area (Å²) in [4.78, 5) is 16.4. The van der Waals surface area contributed by atoms with Crippen molar-refractivity contribution in [3.05, 3.63) is 42.0 Å². The Morgan fingerprint density at radius 3 is 2.02 bits per heavy atom. The standard InChI is InChI=1S/C36H61NO6S2Si2/c1-10-46(11-2,12-3)42-32(29-26-40-36(7,8)41-29)33(43-47(13-4,14-5)15-6)30(35-44-24-19-25-45-35)37-28(31(39-9)34(37)38)23-22-27-20-17-16-18-21-27/h16-18,20-23,28-33,35H,10-15,19,24-26H2,1-9H3/b23-22+/t28-,29-,30-,31+,32-,33-/m1/s1. The highest BCUT2D eigenvalue weighted by Crippen LogP contribution is 2.45. The fourth-order valence-corrected chi connectivity index (χ4v) is 16.3. The molecular formula is C36H61NO6S2Si2. The van der Waals surface area contributed by atoms with Gasteiger partial charge in [0.15, 0.2) is 28.5 Å². The predicted molar refractivity (Wildman–Crippen MR) is 203 cm³/mol. The Labute approximate surface area is 295 Å². The molecule has 47 heavy (non-hydrogen) atoms. The molecule has 0 unspecified atom stereocenters. The van der Waals surface area contributed by atoms with Crippen molar-refractivity contribution < 1.29 is 27.9 Å². The number of carbonyl (C=O) groups is 1. The van der Waals surface area contributed by atoms with Gasteiger partial charge in [-0.05, 0) is 73.6 Å². The number of carbonyl (C=O) groups excluding carboxylic acids is 1. The average Bonchev–Trinajstić information content (AvgIpc) is 3.47. The molecule has 266 valence electrons. The van der Waals surface area contributed by atoms with Gasteiger partial charge in [0.2, 0.25) is 0 Å². The van der Waals surface area contributed by atoms with Gasteiger partial charge in [-0.3, -0.25) is 4.79 Å². The fraction of sp³-hybridized carbons (Fsp3) is 0.750. The highest BCUT2D eigenvalue weighted by molar-refractivity contribution is 8.17. The van der Waals surface area contributed by atoms with Crippen molar-refractivity contribution >= 4 is 52.1 Å². The van der Waals surface area contributed by atoms with Crippen molar-refractivity contribution in [2.45, 2.75) is 145 Å². The van der Waals surface area contributed by atoms with Crippen LogP contribution in [-0.4, -0.2) is 99.5 Å². The maximum Gasteiger partial charge on any atom is 0.255 e. The molecule has 6 atom stereocenters.